The van der Waals surface area contributed by atoms with Crippen molar-refractivity contribution in [2.45, 2.75) is 130 Å². The molecule has 0 saturated heterocycles. The van der Waals surface area contributed by atoms with Crippen molar-refractivity contribution in [3.8, 4) is 11.4 Å². The Balaban J connectivity index is 1.55. The molecule has 1 aromatic carbocycles. The molecule has 0 aliphatic heterocycles. The molecule has 1 heterocycles. The highest BCUT2D eigenvalue weighted by Gasteiger charge is 2.31. The first kappa shape index (κ1) is 25.9. The Bertz CT molecular complexity index is 802. The lowest BCUT2D eigenvalue weighted by Gasteiger charge is -2.38. The van der Waals surface area contributed by atoms with Crippen molar-refractivity contribution in [2.24, 2.45) is 5.41 Å². The van der Waals surface area contributed by atoms with Gasteiger partial charge in [0.1, 0.15) is 0 Å². The summed E-state index contributed by atoms with van der Waals surface area (Å²) in [4.78, 5) is 9.29. The standard InChI is InChI=1S/C31H48N2/c1-4-6-7-8-9-10-12-19-31(20-13-11-14-21-31)22-18-27-16-17-29(26(3)23-27)30-32-24-28(15-5-2)25-33-30/h16-17,23-25H,4-15,18-22H2,1-3H3. The minimum absolute atomic E-state index is 0.604. The largest absolute Gasteiger partial charge is 0.236 e. The Labute approximate surface area is 204 Å². The summed E-state index contributed by atoms with van der Waals surface area (Å²) in [6.45, 7) is 6.72. The second kappa shape index (κ2) is 13.9. The molecule has 2 nitrogen and oxygen atoms in total. The Morgan fingerprint density at radius 3 is 2.09 bits per heavy atom. The van der Waals surface area contributed by atoms with E-state index in [-0.39, 0.29) is 0 Å². The third kappa shape index (κ3) is 8.23. The summed E-state index contributed by atoms with van der Waals surface area (Å²) in [6, 6.07) is 6.97. The summed E-state index contributed by atoms with van der Waals surface area (Å²) in [6.07, 6.45) is 27.4. The molecule has 33 heavy (non-hydrogen) atoms. The van der Waals surface area contributed by atoms with Crippen molar-refractivity contribution in [1.29, 1.82) is 0 Å². The molecule has 0 atom stereocenters. The van der Waals surface area contributed by atoms with Crippen LogP contribution in [0.5, 0.6) is 0 Å². The second-order valence-electron chi connectivity index (χ2n) is 10.7. The zero-order chi connectivity index (χ0) is 23.4. The second-order valence-corrected chi connectivity index (χ2v) is 10.7. The Hall–Kier alpha value is -1.70. The highest BCUT2D eigenvalue weighted by Crippen LogP contribution is 2.44. The Morgan fingerprint density at radius 2 is 1.42 bits per heavy atom. The van der Waals surface area contributed by atoms with E-state index in [1.54, 1.807) is 0 Å². The minimum Gasteiger partial charge on any atom is -0.236 e. The number of hydrogen-bond acceptors (Lipinski definition) is 2. The fraction of sp³-hybridized carbons (Fsp3) is 0.677. The van der Waals surface area contributed by atoms with Crippen molar-refractivity contribution in [3.05, 3.63) is 47.3 Å². The molecular weight excluding hydrogens is 400 g/mol. The number of aryl methyl sites for hydroxylation is 3. The zero-order valence-corrected chi connectivity index (χ0v) is 21.8. The number of nitrogens with zero attached hydrogens (tertiary/aromatic N) is 2. The molecule has 1 saturated carbocycles. The van der Waals surface area contributed by atoms with Crippen LogP contribution in [0.25, 0.3) is 11.4 Å². The van der Waals surface area contributed by atoms with Gasteiger partial charge in [-0.25, -0.2) is 9.97 Å². The van der Waals surface area contributed by atoms with Crippen molar-refractivity contribution in [1.82, 2.24) is 9.97 Å². The highest BCUT2D eigenvalue weighted by molar-refractivity contribution is 5.60. The van der Waals surface area contributed by atoms with Gasteiger partial charge in [-0.1, -0.05) is 103 Å². The average molecular weight is 449 g/mol. The van der Waals surface area contributed by atoms with E-state index in [1.165, 1.54) is 119 Å². The van der Waals surface area contributed by atoms with Gasteiger partial charge in [0.05, 0.1) is 0 Å². The molecule has 2 aromatic rings. The number of rotatable bonds is 14. The Morgan fingerprint density at radius 1 is 0.727 bits per heavy atom. The lowest BCUT2D eigenvalue weighted by Crippen LogP contribution is -2.25. The van der Waals surface area contributed by atoms with Crippen molar-refractivity contribution >= 4 is 0 Å². The number of aromatic nitrogens is 2. The van der Waals surface area contributed by atoms with E-state index in [9.17, 15) is 0 Å². The van der Waals surface area contributed by atoms with Gasteiger partial charge >= 0.3 is 0 Å². The molecule has 0 bridgehead atoms. The number of hydrogen-bond donors (Lipinski definition) is 0. The summed E-state index contributed by atoms with van der Waals surface area (Å²) in [5.41, 5.74) is 5.81. The molecule has 2 heteroatoms. The van der Waals surface area contributed by atoms with Crippen LogP contribution >= 0.6 is 0 Å². The van der Waals surface area contributed by atoms with Crippen LogP contribution in [-0.2, 0) is 12.8 Å². The molecule has 182 valence electrons. The van der Waals surface area contributed by atoms with Crippen LogP contribution in [0.3, 0.4) is 0 Å². The quantitative estimate of drug-likeness (QED) is 0.269. The van der Waals surface area contributed by atoms with Gasteiger partial charge in [0.15, 0.2) is 5.82 Å². The molecule has 0 N–H and O–H groups in total. The van der Waals surface area contributed by atoms with Crippen LogP contribution in [0.2, 0.25) is 0 Å². The fourth-order valence-electron chi connectivity index (χ4n) is 5.84. The van der Waals surface area contributed by atoms with E-state index in [0.717, 1.165) is 18.7 Å². The van der Waals surface area contributed by atoms with E-state index < -0.39 is 0 Å². The normalized spacial score (nSPS) is 15.6. The molecule has 0 unspecified atom stereocenters. The Kier molecular flexibility index (Phi) is 10.9. The van der Waals surface area contributed by atoms with Crippen LogP contribution in [0.15, 0.2) is 30.6 Å². The van der Waals surface area contributed by atoms with Gasteiger partial charge in [-0.05, 0) is 67.6 Å². The minimum atomic E-state index is 0.604. The van der Waals surface area contributed by atoms with Gasteiger partial charge in [0.25, 0.3) is 0 Å². The smallest absolute Gasteiger partial charge is 0.159 e. The van der Waals surface area contributed by atoms with Crippen LogP contribution in [0.4, 0.5) is 0 Å². The van der Waals surface area contributed by atoms with Gasteiger partial charge in [0.2, 0.25) is 0 Å². The maximum Gasteiger partial charge on any atom is 0.159 e. The van der Waals surface area contributed by atoms with E-state index in [1.807, 2.05) is 12.4 Å². The van der Waals surface area contributed by atoms with Crippen LogP contribution < -0.4 is 0 Å². The fourth-order valence-corrected chi connectivity index (χ4v) is 5.84. The molecule has 1 fully saturated rings. The first-order valence-electron chi connectivity index (χ1n) is 14.1. The van der Waals surface area contributed by atoms with Gasteiger partial charge in [-0.3, -0.25) is 0 Å². The zero-order valence-electron chi connectivity index (χ0n) is 21.8. The van der Waals surface area contributed by atoms with Gasteiger partial charge in [0, 0.05) is 18.0 Å². The molecular formula is C31H48N2. The topological polar surface area (TPSA) is 25.8 Å². The molecule has 1 aromatic heterocycles. The maximum absolute atomic E-state index is 4.64. The van der Waals surface area contributed by atoms with Crippen molar-refractivity contribution < 1.29 is 0 Å². The lowest BCUT2D eigenvalue weighted by molar-refractivity contribution is 0.152. The summed E-state index contributed by atoms with van der Waals surface area (Å²) >= 11 is 0. The molecule has 0 amide bonds. The van der Waals surface area contributed by atoms with Gasteiger partial charge < -0.3 is 0 Å². The third-order valence-electron chi connectivity index (χ3n) is 7.94. The van der Waals surface area contributed by atoms with E-state index in [2.05, 4.69) is 48.9 Å². The SMILES string of the molecule is CCCCCCCCCC1(CCc2ccc(-c3ncc(CCC)cn3)c(C)c2)CCCCC1. The predicted octanol–water partition coefficient (Wildman–Crippen LogP) is 9.43. The molecule has 0 spiro atoms. The average Bonchev–Trinajstić information content (AvgIpc) is 2.84. The summed E-state index contributed by atoms with van der Waals surface area (Å²) in [7, 11) is 0. The highest BCUT2D eigenvalue weighted by atomic mass is 14.9. The monoisotopic (exact) mass is 448 g/mol. The summed E-state index contributed by atoms with van der Waals surface area (Å²) in [5.74, 6) is 0.863. The molecule has 0 radical (unpaired) electrons. The van der Waals surface area contributed by atoms with Crippen LogP contribution in [0, 0.1) is 12.3 Å². The molecule has 1 aliphatic rings. The van der Waals surface area contributed by atoms with E-state index in [0.29, 0.717) is 5.41 Å². The molecule has 1 aliphatic carbocycles. The van der Waals surface area contributed by atoms with Crippen LogP contribution in [0.1, 0.15) is 127 Å². The number of unbranched alkanes of at least 4 members (excludes halogenated alkanes) is 6. The summed E-state index contributed by atoms with van der Waals surface area (Å²) < 4.78 is 0. The predicted molar refractivity (Wildman–Crippen MR) is 143 cm³/mol. The van der Waals surface area contributed by atoms with E-state index >= 15 is 0 Å². The van der Waals surface area contributed by atoms with E-state index in [4.69, 9.17) is 0 Å². The number of benzene rings is 1. The molecule has 3 rings (SSSR count). The van der Waals surface area contributed by atoms with Gasteiger partial charge in [-0.2, -0.15) is 0 Å². The first-order chi connectivity index (χ1) is 16.2. The van der Waals surface area contributed by atoms with Gasteiger partial charge in [-0.15, -0.1) is 0 Å². The summed E-state index contributed by atoms with van der Waals surface area (Å²) in [5, 5.41) is 0. The van der Waals surface area contributed by atoms with Crippen molar-refractivity contribution in [3.63, 3.8) is 0 Å². The van der Waals surface area contributed by atoms with Crippen molar-refractivity contribution in [2.75, 3.05) is 0 Å². The lowest BCUT2D eigenvalue weighted by atomic mass is 9.68. The first-order valence-corrected chi connectivity index (χ1v) is 14.1. The maximum atomic E-state index is 4.64. The third-order valence-corrected chi connectivity index (χ3v) is 7.94. The van der Waals surface area contributed by atoms with Crippen LogP contribution in [-0.4, -0.2) is 9.97 Å².